The van der Waals surface area contributed by atoms with Crippen LogP contribution in [0.4, 0.5) is 0 Å². The molecule has 0 aromatic rings. The average molecular weight is 344 g/mol. The second kappa shape index (κ2) is 10.7. The third-order valence-corrected chi connectivity index (χ3v) is 4.09. The van der Waals surface area contributed by atoms with Crippen LogP contribution in [-0.4, -0.2) is 56.4 Å². The van der Waals surface area contributed by atoms with Crippen LogP contribution in [0.2, 0.25) is 0 Å². The van der Waals surface area contributed by atoms with Gasteiger partial charge in [-0.1, -0.05) is 20.4 Å². The lowest BCUT2D eigenvalue weighted by molar-refractivity contribution is -0.131. The summed E-state index contributed by atoms with van der Waals surface area (Å²) in [7, 11) is 0. The van der Waals surface area contributed by atoms with Gasteiger partial charge in [-0.25, -0.2) is 0 Å². The molecule has 0 fully saturated rings. The van der Waals surface area contributed by atoms with Crippen molar-refractivity contribution < 1.29 is 30.0 Å². The summed E-state index contributed by atoms with van der Waals surface area (Å²) in [4.78, 5) is 23.1. The fraction of sp³-hybridized carbons (Fsp3) is 0.778. The molecule has 2 unspecified atom stereocenters. The van der Waals surface area contributed by atoms with E-state index in [1.165, 1.54) is 6.92 Å². The summed E-state index contributed by atoms with van der Waals surface area (Å²) in [5.74, 6) is -0.780. The monoisotopic (exact) mass is 344 g/mol. The van der Waals surface area contributed by atoms with Gasteiger partial charge < -0.3 is 20.4 Å². The predicted molar refractivity (Wildman–Crippen MR) is 91.3 cm³/mol. The number of hydrogen-bond donors (Lipinski definition) is 4. The molecule has 0 aliphatic rings. The Morgan fingerprint density at radius 1 is 0.833 bits per heavy atom. The summed E-state index contributed by atoms with van der Waals surface area (Å²) < 4.78 is 0. The van der Waals surface area contributed by atoms with E-state index in [1.54, 1.807) is 13.8 Å². The number of rotatable bonds is 12. The van der Waals surface area contributed by atoms with Gasteiger partial charge in [-0.2, -0.15) is 0 Å². The molecule has 0 saturated heterocycles. The van der Waals surface area contributed by atoms with Crippen molar-refractivity contribution in [3.8, 4) is 0 Å². The number of ketones is 2. The molecule has 0 heterocycles. The van der Waals surface area contributed by atoms with Crippen LogP contribution in [0.1, 0.15) is 53.4 Å². The zero-order valence-corrected chi connectivity index (χ0v) is 15.1. The van der Waals surface area contributed by atoms with Crippen LogP contribution in [0.15, 0.2) is 12.2 Å². The Kier molecular flexibility index (Phi) is 10.2. The molecular formula is C18H32O6. The molecule has 6 heteroatoms. The van der Waals surface area contributed by atoms with E-state index in [-0.39, 0.29) is 36.9 Å². The third kappa shape index (κ3) is 8.68. The van der Waals surface area contributed by atoms with E-state index in [2.05, 4.69) is 6.58 Å². The third-order valence-electron chi connectivity index (χ3n) is 4.09. The Labute approximate surface area is 144 Å². The molecule has 6 atom stereocenters. The van der Waals surface area contributed by atoms with Crippen LogP contribution >= 0.6 is 0 Å². The molecule has 0 bridgehead atoms. The molecule has 0 rings (SSSR count). The van der Waals surface area contributed by atoms with Crippen molar-refractivity contribution in [2.45, 2.75) is 77.8 Å². The van der Waals surface area contributed by atoms with Crippen LogP contribution in [0, 0.1) is 11.8 Å². The molecule has 0 spiro atoms. The van der Waals surface area contributed by atoms with Gasteiger partial charge in [0.15, 0.2) is 5.78 Å². The van der Waals surface area contributed by atoms with Crippen molar-refractivity contribution >= 4 is 11.6 Å². The summed E-state index contributed by atoms with van der Waals surface area (Å²) in [6.45, 7) is 10.0. The van der Waals surface area contributed by atoms with Crippen LogP contribution in [0.3, 0.4) is 0 Å². The lowest BCUT2D eigenvalue weighted by Gasteiger charge is -2.22. The Morgan fingerprint density at radius 3 is 1.54 bits per heavy atom. The lowest BCUT2D eigenvalue weighted by Crippen LogP contribution is -2.34. The Balaban J connectivity index is 4.28. The van der Waals surface area contributed by atoms with Gasteiger partial charge in [0.05, 0.1) is 12.2 Å². The molecule has 24 heavy (non-hydrogen) atoms. The van der Waals surface area contributed by atoms with Gasteiger partial charge in [-0.3, -0.25) is 9.59 Å². The number of Topliss-reactive ketones (excluding diaryl/α,β-unsaturated/α-hetero) is 2. The van der Waals surface area contributed by atoms with Crippen molar-refractivity contribution in [3.05, 3.63) is 12.2 Å². The van der Waals surface area contributed by atoms with Crippen molar-refractivity contribution in [3.63, 3.8) is 0 Å². The standard InChI is InChI=1S/C18H32O6/c1-10(2)17(23)15(21)8-11(3)6-14(20)7-12(4)9-16(22)18(24)13(5)19/h11-12,15-18,21-24H,1,6-9H2,2-5H3/t11-,12-,15?,16+,17?,18-/m1/s1. The van der Waals surface area contributed by atoms with Crippen LogP contribution in [0.5, 0.6) is 0 Å². The molecule has 0 saturated carbocycles. The predicted octanol–water partition coefficient (Wildman–Crippen LogP) is 0.997. The van der Waals surface area contributed by atoms with E-state index < -0.39 is 30.2 Å². The fourth-order valence-corrected chi connectivity index (χ4v) is 2.71. The van der Waals surface area contributed by atoms with E-state index in [9.17, 15) is 30.0 Å². The summed E-state index contributed by atoms with van der Waals surface area (Å²) in [5, 5.41) is 38.8. The quantitative estimate of drug-likeness (QED) is 0.393. The van der Waals surface area contributed by atoms with E-state index in [4.69, 9.17) is 0 Å². The normalized spacial score (nSPS) is 19.0. The highest BCUT2D eigenvalue weighted by atomic mass is 16.3. The number of hydrogen-bond acceptors (Lipinski definition) is 6. The lowest BCUT2D eigenvalue weighted by atomic mass is 9.89. The van der Waals surface area contributed by atoms with Crippen molar-refractivity contribution in [2.24, 2.45) is 11.8 Å². The van der Waals surface area contributed by atoms with E-state index in [0.29, 0.717) is 12.0 Å². The summed E-state index contributed by atoms with van der Waals surface area (Å²) in [6.07, 6.45) is -3.59. The molecule has 0 aliphatic heterocycles. The number of carbonyl (C=O) groups is 2. The van der Waals surface area contributed by atoms with Crippen molar-refractivity contribution in [1.29, 1.82) is 0 Å². The molecule has 6 nitrogen and oxygen atoms in total. The Morgan fingerprint density at radius 2 is 1.21 bits per heavy atom. The molecular weight excluding hydrogens is 312 g/mol. The summed E-state index contributed by atoms with van der Waals surface area (Å²) >= 11 is 0. The second-order valence-corrected chi connectivity index (χ2v) is 7.11. The molecule has 0 aliphatic carbocycles. The zero-order valence-electron chi connectivity index (χ0n) is 15.1. The van der Waals surface area contributed by atoms with Crippen LogP contribution in [0.25, 0.3) is 0 Å². The van der Waals surface area contributed by atoms with Crippen LogP contribution < -0.4 is 0 Å². The van der Waals surface area contributed by atoms with Gasteiger partial charge in [0.2, 0.25) is 0 Å². The highest BCUT2D eigenvalue weighted by Gasteiger charge is 2.25. The zero-order chi connectivity index (χ0) is 19.0. The first-order valence-electron chi connectivity index (χ1n) is 8.35. The minimum atomic E-state index is -1.42. The smallest absolute Gasteiger partial charge is 0.160 e. The molecule has 140 valence electrons. The topological polar surface area (TPSA) is 115 Å². The van der Waals surface area contributed by atoms with Gasteiger partial charge in [0.1, 0.15) is 18.0 Å². The van der Waals surface area contributed by atoms with E-state index in [1.807, 2.05) is 6.92 Å². The molecule has 4 N–H and O–H groups in total. The summed E-state index contributed by atoms with van der Waals surface area (Å²) in [6, 6.07) is 0. The first-order chi connectivity index (χ1) is 11.0. The van der Waals surface area contributed by atoms with Gasteiger partial charge in [0, 0.05) is 12.8 Å². The number of aliphatic hydroxyl groups is 4. The maximum Gasteiger partial charge on any atom is 0.160 e. The van der Waals surface area contributed by atoms with Gasteiger partial charge in [-0.05, 0) is 44.1 Å². The molecule has 0 amide bonds. The van der Waals surface area contributed by atoms with Crippen LogP contribution in [-0.2, 0) is 9.59 Å². The fourth-order valence-electron chi connectivity index (χ4n) is 2.71. The van der Waals surface area contributed by atoms with Gasteiger partial charge >= 0.3 is 0 Å². The first-order valence-corrected chi connectivity index (χ1v) is 8.35. The first kappa shape index (κ1) is 22.9. The SMILES string of the molecule is C=C(C)C(O)C(O)C[C@H](C)CC(=O)C[C@@H](C)C[C@H](O)[C@H](O)C(C)=O. The second-order valence-electron chi connectivity index (χ2n) is 7.11. The molecule has 0 aromatic heterocycles. The Bertz CT molecular complexity index is 395. The highest BCUT2D eigenvalue weighted by molar-refractivity contribution is 5.81. The largest absolute Gasteiger partial charge is 0.390 e. The molecule has 0 aromatic carbocycles. The summed E-state index contributed by atoms with van der Waals surface area (Å²) in [5.41, 5.74) is 0.479. The minimum Gasteiger partial charge on any atom is -0.390 e. The maximum absolute atomic E-state index is 12.1. The Hall–Kier alpha value is -1.08. The van der Waals surface area contributed by atoms with E-state index >= 15 is 0 Å². The molecule has 0 radical (unpaired) electrons. The van der Waals surface area contributed by atoms with Crippen molar-refractivity contribution in [1.82, 2.24) is 0 Å². The van der Waals surface area contributed by atoms with E-state index in [0.717, 1.165) is 0 Å². The number of aliphatic hydroxyl groups excluding tert-OH is 4. The maximum atomic E-state index is 12.1. The minimum absolute atomic E-state index is 0.0171. The van der Waals surface area contributed by atoms with Gasteiger partial charge in [-0.15, -0.1) is 0 Å². The highest BCUT2D eigenvalue weighted by Crippen LogP contribution is 2.20. The average Bonchev–Trinajstić information content (AvgIpc) is 2.44. The van der Waals surface area contributed by atoms with Crippen molar-refractivity contribution in [2.75, 3.05) is 0 Å². The number of carbonyl (C=O) groups excluding carboxylic acids is 2. The van der Waals surface area contributed by atoms with Gasteiger partial charge in [0.25, 0.3) is 0 Å².